The summed E-state index contributed by atoms with van der Waals surface area (Å²) in [6.07, 6.45) is 1.81. The van der Waals surface area contributed by atoms with E-state index in [9.17, 15) is 0 Å². The van der Waals surface area contributed by atoms with Crippen LogP contribution in [0.15, 0.2) is 6.20 Å². The van der Waals surface area contributed by atoms with Crippen LogP contribution in [0.3, 0.4) is 0 Å². The minimum absolute atomic E-state index is 0.0761. The van der Waals surface area contributed by atoms with Crippen molar-refractivity contribution in [2.24, 2.45) is 13.0 Å². The number of nitrogens with two attached hydrogens (primary N) is 1. The summed E-state index contributed by atoms with van der Waals surface area (Å²) in [5.74, 6) is 0.909. The van der Waals surface area contributed by atoms with Crippen molar-refractivity contribution in [3.8, 4) is 5.88 Å². The van der Waals surface area contributed by atoms with Crippen LogP contribution in [-0.2, 0) is 11.8 Å². The first-order valence-corrected chi connectivity index (χ1v) is 4.70. The van der Waals surface area contributed by atoms with Gasteiger partial charge < -0.3 is 15.2 Å². The van der Waals surface area contributed by atoms with E-state index in [0.29, 0.717) is 24.1 Å². The zero-order valence-electron chi connectivity index (χ0n) is 8.43. The summed E-state index contributed by atoms with van der Waals surface area (Å²) in [7, 11) is 1.82. The van der Waals surface area contributed by atoms with Gasteiger partial charge >= 0.3 is 0 Å². The van der Waals surface area contributed by atoms with E-state index in [1.807, 2.05) is 7.05 Å². The topological polar surface area (TPSA) is 62.3 Å². The van der Waals surface area contributed by atoms with E-state index in [0.717, 1.165) is 6.61 Å². The first-order valence-electron chi connectivity index (χ1n) is 4.70. The molecule has 2 atom stereocenters. The molecule has 14 heavy (non-hydrogen) atoms. The van der Waals surface area contributed by atoms with Crippen LogP contribution in [0.1, 0.15) is 6.92 Å². The van der Waals surface area contributed by atoms with E-state index in [-0.39, 0.29) is 6.10 Å². The first-order chi connectivity index (χ1) is 6.66. The second-order valence-electron chi connectivity index (χ2n) is 3.73. The Morgan fingerprint density at radius 1 is 1.64 bits per heavy atom. The van der Waals surface area contributed by atoms with Crippen molar-refractivity contribution in [1.82, 2.24) is 9.78 Å². The molecule has 78 valence electrons. The van der Waals surface area contributed by atoms with E-state index in [1.54, 1.807) is 10.9 Å². The molecule has 1 aromatic heterocycles. The highest BCUT2D eigenvalue weighted by Gasteiger charge is 2.27. The summed E-state index contributed by atoms with van der Waals surface area (Å²) in [6.45, 7) is 3.46. The molecule has 0 spiro atoms. The maximum atomic E-state index is 5.72. The van der Waals surface area contributed by atoms with Crippen molar-refractivity contribution in [1.29, 1.82) is 0 Å². The SMILES string of the molecule is CC1COC[C@H]1Oc1nn(C)cc1N. The molecule has 2 rings (SSSR count). The Bertz CT molecular complexity index is 324. The Morgan fingerprint density at radius 2 is 2.43 bits per heavy atom. The number of hydrogen-bond donors (Lipinski definition) is 1. The molecule has 0 radical (unpaired) electrons. The van der Waals surface area contributed by atoms with E-state index in [4.69, 9.17) is 15.2 Å². The van der Waals surface area contributed by atoms with Crippen molar-refractivity contribution in [2.75, 3.05) is 18.9 Å². The normalized spacial score (nSPS) is 26.7. The maximum Gasteiger partial charge on any atom is 0.256 e. The second kappa shape index (κ2) is 3.49. The minimum Gasteiger partial charge on any atom is -0.469 e. The van der Waals surface area contributed by atoms with Gasteiger partial charge in [0.1, 0.15) is 11.8 Å². The Morgan fingerprint density at radius 3 is 2.93 bits per heavy atom. The summed E-state index contributed by atoms with van der Waals surface area (Å²) in [5.41, 5.74) is 6.29. The molecule has 5 heteroatoms. The van der Waals surface area contributed by atoms with Crippen LogP contribution in [0.5, 0.6) is 5.88 Å². The third-order valence-corrected chi connectivity index (χ3v) is 2.38. The molecule has 0 amide bonds. The molecule has 1 fully saturated rings. The lowest BCUT2D eigenvalue weighted by atomic mass is 10.1. The van der Waals surface area contributed by atoms with Crippen molar-refractivity contribution < 1.29 is 9.47 Å². The molecule has 2 heterocycles. The van der Waals surface area contributed by atoms with Gasteiger partial charge in [0.05, 0.1) is 19.4 Å². The molecule has 0 aromatic carbocycles. The monoisotopic (exact) mass is 197 g/mol. The molecule has 1 aliphatic rings. The number of hydrogen-bond acceptors (Lipinski definition) is 4. The average Bonchev–Trinajstić information content (AvgIpc) is 2.62. The Hall–Kier alpha value is -1.23. The Labute approximate surface area is 82.8 Å². The van der Waals surface area contributed by atoms with Gasteiger partial charge in [0.2, 0.25) is 0 Å². The highest BCUT2D eigenvalue weighted by atomic mass is 16.6. The van der Waals surface area contributed by atoms with Crippen LogP contribution in [0.2, 0.25) is 0 Å². The quantitative estimate of drug-likeness (QED) is 0.746. The lowest BCUT2D eigenvalue weighted by molar-refractivity contribution is 0.134. The van der Waals surface area contributed by atoms with E-state index >= 15 is 0 Å². The fraction of sp³-hybridized carbons (Fsp3) is 0.667. The molecule has 1 aromatic rings. The van der Waals surface area contributed by atoms with Crippen LogP contribution < -0.4 is 10.5 Å². The lowest BCUT2D eigenvalue weighted by Crippen LogP contribution is -2.23. The summed E-state index contributed by atoms with van der Waals surface area (Å²) >= 11 is 0. The fourth-order valence-electron chi connectivity index (χ4n) is 1.51. The lowest BCUT2D eigenvalue weighted by Gasteiger charge is -2.13. The molecule has 1 aliphatic heterocycles. The predicted octanol–water partition coefficient (Wildman–Crippen LogP) is 0.416. The van der Waals surface area contributed by atoms with Gasteiger partial charge in [-0.1, -0.05) is 6.92 Å². The van der Waals surface area contributed by atoms with Crippen molar-refractivity contribution in [2.45, 2.75) is 13.0 Å². The Balaban J connectivity index is 2.06. The average molecular weight is 197 g/mol. The van der Waals surface area contributed by atoms with Gasteiger partial charge in [-0.3, -0.25) is 4.68 Å². The molecule has 0 aliphatic carbocycles. The third-order valence-electron chi connectivity index (χ3n) is 2.38. The highest BCUT2D eigenvalue weighted by Crippen LogP contribution is 2.23. The van der Waals surface area contributed by atoms with E-state index < -0.39 is 0 Å². The van der Waals surface area contributed by atoms with Gasteiger partial charge in [-0.2, -0.15) is 0 Å². The van der Waals surface area contributed by atoms with Crippen molar-refractivity contribution in [3.63, 3.8) is 0 Å². The summed E-state index contributed by atoms with van der Waals surface area (Å²) in [6, 6.07) is 0. The number of aryl methyl sites for hydroxylation is 1. The molecule has 0 bridgehead atoms. The van der Waals surface area contributed by atoms with Crippen molar-refractivity contribution in [3.05, 3.63) is 6.20 Å². The van der Waals surface area contributed by atoms with Crippen LogP contribution in [0.25, 0.3) is 0 Å². The van der Waals surface area contributed by atoms with Gasteiger partial charge in [0.15, 0.2) is 0 Å². The molecule has 5 nitrogen and oxygen atoms in total. The minimum atomic E-state index is 0.0761. The fourth-order valence-corrected chi connectivity index (χ4v) is 1.51. The number of anilines is 1. The maximum absolute atomic E-state index is 5.72. The van der Waals surface area contributed by atoms with Gasteiger partial charge in [-0.05, 0) is 0 Å². The Kier molecular flexibility index (Phi) is 2.33. The number of rotatable bonds is 2. The zero-order chi connectivity index (χ0) is 10.1. The highest BCUT2D eigenvalue weighted by molar-refractivity contribution is 5.45. The standard InChI is InChI=1S/C9H15N3O2/c1-6-4-13-5-8(6)14-9-7(10)3-12(2)11-9/h3,6,8H,4-5,10H2,1-2H3/t6?,8-/m1/s1. The number of nitrogen functional groups attached to an aromatic ring is 1. The molecule has 2 N–H and O–H groups in total. The molecule has 1 unspecified atom stereocenters. The summed E-state index contributed by atoms with van der Waals surface area (Å²) < 4.78 is 12.6. The predicted molar refractivity (Wildman–Crippen MR) is 52.0 cm³/mol. The molecular weight excluding hydrogens is 182 g/mol. The number of nitrogens with zero attached hydrogens (tertiary/aromatic N) is 2. The molecule has 0 saturated carbocycles. The van der Waals surface area contributed by atoms with E-state index in [2.05, 4.69) is 12.0 Å². The van der Waals surface area contributed by atoms with Gasteiger partial charge in [-0.25, -0.2) is 0 Å². The van der Waals surface area contributed by atoms with Crippen LogP contribution in [0.4, 0.5) is 5.69 Å². The van der Waals surface area contributed by atoms with Crippen LogP contribution >= 0.6 is 0 Å². The van der Waals surface area contributed by atoms with Crippen LogP contribution in [0, 0.1) is 5.92 Å². The smallest absolute Gasteiger partial charge is 0.256 e. The van der Waals surface area contributed by atoms with Crippen molar-refractivity contribution >= 4 is 5.69 Å². The third kappa shape index (κ3) is 1.68. The number of ether oxygens (including phenoxy) is 2. The molecular formula is C9H15N3O2. The van der Waals surface area contributed by atoms with Crippen LogP contribution in [-0.4, -0.2) is 29.1 Å². The summed E-state index contributed by atoms with van der Waals surface area (Å²) in [5, 5.41) is 4.12. The largest absolute Gasteiger partial charge is 0.469 e. The van der Waals surface area contributed by atoms with Gasteiger partial charge in [0.25, 0.3) is 5.88 Å². The first kappa shape index (κ1) is 9.33. The van der Waals surface area contributed by atoms with Gasteiger partial charge in [-0.15, -0.1) is 5.10 Å². The molecule has 1 saturated heterocycles. The summed E-state index contributed by atoms with van der Waals surface area (Å²) in [4.78, 5) is 0. The van der Waals surface area contributed by atoms with E-state index in [1.165, 1.54) is 0 Å². The second-order valence-corrected chi connectivity index (χ2v) is 3.73. The van der Waals surface area contributed by atoms with Gasteiger partial charge in [0, 0.05) is 13.0 Å². The zero-order valence-corrected chi connectivity index (χ0v) is 8.43. The number of aromatic nitrogens is 2.